The maximum absolute atomic E-state index is 13.7. The molecular formula is C28H26FN5O3S. The number of benzene rings is 2. The van der Waals surface area contributed by atoms with Gasteiger partial charge in [-0.3, -0.25) is 9.78 Å². The van der Waals surface area contributed by atoms with Crippen LogP contribution in [0.1, 0.15) is 23.5 Å². The standard InChI is InChI=1S/C28H26FN5O3S/c1-36-17-25(35)31-22-16-20(12-13-24(22)37-2)34-27(26(32-28(34)38)21-6-3-4-14-30-21)23-7-5-15-33(23)19-10-8-18(29)9-11-19/h3-16,26-27H,17H2,1-2H3,(H,31,35)(H,32,38)/t26-,27+/m0/s1. The molecule has 4 aromatic rings. The van der Waals surface area contributed by atoms with Crippen LogP contribution in [-0.2, 0) is 9.53 Å². The Labute approximate surface area is 225 Å². The fraction of sp³-hybridized carbons (Fsp3) is 0.179. The summed E-state index contributed by atoms with van der Waals surface area (Å²) in [6.45, 7) is -0.0907. The SMILES string of the molecule is COCC(=O)Nc1cc(N2C(=S)N[C@@H](c3ccccn3)[C@H]2c2cccn2-c2ccc(F)cc2)ccc1OC. The highest BCUT2D eigenvalue weighted by Crippen LogP contribution is 2.43. The number of halogens is 1. The van der Waals surface area contributed by atoms with E-state index in [0.717, 1.165) is 22.8 Å². The molecule has 5 rings (SSSR count). The maximum Gasteiger partial charge on any atom is 0.250 e. The number of thiocarbonyl (C=S) groups is 1. The Balaban J connectivity index is 1.62. The normalized spacial score (nSPS) is 16.8. The Bertz CT molecular complexity index is 1440. The molecule has 8 nitrogen and oxygen atoms in total. The van der Waals surface area contributed by atoms with Gasteiger partial charge in [-0.15, -0.1) is 0 Å². The van der Waals surface area contributed by atoms with E-state index in [1.165, 1.54) is 19.2 Å². The van der Waals surface area contributed by atoms with Gasteiger partial charge in [0.1, 0.15) is 24.2 Å². The Morgan fingerprint density at radius 3 is 2.58 bits per heavy atom. The highest BCUT2D eigenvalue weighted by Gasteiger charge is 2.42. The summed E-state index contributed by atoms with van der Waals surface area (Å²) in [4.78, 5) is 18.9. The zero-order valence-corrected chi connectivity index (χ0v) is 21.6. The fourth-order valence-electron chi connectivity index (χ4n) is 4.67. The number of nitrogens with one attached hydrogen (secondary N) is 2. The van der Waals surface area contributed by atoms with Crippen molar-refractivity contribution in [2.24, 2.45) is 0 Å². The van der Waals surface area contributed by atoms with Gasteiger partial charge in [-0.05, 0) is 78.9 Å². The van der Waals surface area contributed by atoms with E-state index in [1.54, 1.807) is 31.5 Å². The molecule has 0 unspecified atom stereocenters. The Morgan fingerprint density at radius 2 is 1.87 bits per heavy atom. The molecule has 0 aliphatic carbocycles. The molecule has 2 atom stereocenters. The molecule has 3 heterocycles. The molecule has 2 aromatic heterocycles. The van der Waals surface area contributed by atoms with Crippen molar-refractivity contribution in [3.8, 4) is 11.4 Å². The summed E-state index contributed by atoms with van der Waals surface area (Å²) in [7, 11) is 3.00. The van der Waals surface area contributed by atoms with Crippen LogP contribution in [0.3, 0.4) is 0 Å². The second kappa shape index (κ2) is 11.0. The summed E-state index contributed by atoms with van der Waals surface area (Å²) in [6.07, 6.45) is 3.68. The molecule has 2 N–H and O–H groups in total. The Kier molecular flexibility index (Phi) is 7.34. The van der Waals surface area contributed by atoms with Crippen LogP contribution in [0.25, 0.3) is 5.69 Å². The zero-order valence-electron chi connectivity index (χ0n) is 20.8. The molecule has 194 valence electrons. The smallest absolute Gasteiger partial charge is 0.250 e. The molecule has 2 aromatic carbocycles. The number of hydrogen-bond donors (Lipinski definition) is 2. The quantitative estimate of drug-likeness (QED) is 0.317. The lowest BCUT2D eigenvalue weighted by Crippen LogP contribution is -2.30. The van der Waals surface area contributed by atoms with Crippen LogP contribution in [0.2, 0.25) is 0 Å². The minimum absolute atomic E-state index is 0.0907. The molecule has 38 heavy (non-hydrogen) atoms. The third-order valence-electron chi connectivity index (χ3n) is 6.30. The first-order chi connectivity index (χ1) is 18.5. The van der Waals surface area contributed by atoms with Crippen molar-refractivity contribution in [1.29, 1.82) is 0 Å². The molecule has 10 heteroatoms. The van der Waals surface area contributed by atoms with E-state index in [4.69, 9.17) is 21.7 Å². The van der Waals surface area contributed by atoms with Gasteiger partial charge in [0.05, 0.1) is 24.5 Å². The average Bonchev–Trinajstić information content (AvgIpc) is 3.54. The number of aromatic nitrogens is 2. The number of methoxy groups -OCH3 is 2. The monoisotopic (exact) mass is 531 g/mol. The number of ether oxygens (including phenoxy) is 2. The van der Waals surface area contributed by atoms with E-state index >= 15 is 0 Å². The summed E-state index contributed by atoms with van der Waals surface area (Å²) in [5, 5.41) is 6.78. The van der Waals surface area contributed by atoms with Crippen LogP contribution in [-0.4, -0.2) is 41.4 Å². The van der Waals surface area contributed by atoms with Gasteiger partial charge in [0.15, 0.2) is 5.11 Å². The van der Waals surface area contributed by atoms with Gasteiger partial charge in [0, 0.05) is 36.6 Å². The van der Waals surface area contributed by atoms with Crippen LogP contribution in [0.15, 0.2) is 85.2 Å². The molecule has 1 amide bonds. The van der Waals surface area contributed by atoms with Crippen molar-refractivity contribution in [3.63, 3.8) is 0 Å². The highest BCUT2D eigenvalue weighted by atomic mass is 32.1. The summed E-state index contributed by atoms with van der Waals surface area (Å²) in [5.41, 5.74) is 3.78. The first-order valence-corrected chi connectivity index (χ1v) is 12.3. The number of amides is 1. The molecule has 0 saturated carbocycles. The lowest BCUT2D eigenvalue weighted by atomic mass is 10.0. The predicted molar refractivity (Wildman–Crippen MR) is 147 cm³/mol. The van der Waals surface area contributed by atoms with E-state index in [9.17, 15) is 9.18 Å². The summed E-state index contributed by atoms with van der Waals surface area (Å²) in [5.74, 6) is -0.109. The minimum Gasteiger partial charge on any atom is -0.495 e. The number of rotatable bonds is 8. The first kappa shape index (κ1) is 25.4. The van der Waals surface area contributed by atoms with Gasteiger partial charge in [0.25, 0.3) is 0 Å². The number of hydrogen-bond acceptors (Lipinski definition) is 5. The van der Waals surface area contributed by atoms with Gasteiger partial charge in [-0.25, -0.2) is 4.39 Å². The minimum atomic E-state index is -0.326. The third kappa shape index (κ3) is 4.96. The van der Waals surface area contributed by atoms with Gasteiger partial charge in [0.2, 0.25) is 5.91 Å². The molecule has 0 spiro atoms. The Morgan fingerprint density at radius 1 is 1.08 bits per heavy atom. The maximum atomic E-state index is 13.7. The van der Waals surface area contributed by atoms with E-state index < -0.39 is 0 Å². The van der Waals surface area contributed by atoms with Crippen molar-refractivity contribution in [2.45, 2.75) is 12.1 Å². The van der Waals surface area contributed by atoms with Crippen LogP contribution in [0, 0.1) is 5.82 Å². The van der Waals surface area contributed by atoms with Gasteiger partial charge >= 0.3 is 0 Å². The lowest BCUT2D eigenvalue weighted by molar-refractivity contribution is -0.119. The van der Waals surface area contributed by atoms with Crippen LogP contribution < -0.4 is 20.3 Å². The molecule has 1 fully saturated rings. The molecule has 1 aliphatic rings. The largest absolute Gasteiger partial charge is 0.495 e. The number of carbonyl (C=O) groups is 1. The van der Waals surface area contributed by atoms with Crippen molar-refractivity contribution >= 4 is 34.6 Å². The molecule has 0 bridgehead atoms. The van der Waals surface area contributed by atoms with Crippen molar-refractivity contribution in [3.05, 3.63) is 102 Å². The second-order valence-corrected chi connectivity index (χ2v) is 9.03. The fourth-order valence-corrected chi connectivity index (χ4v) is 5.01. The lowest BCUT2D eigenvalue weighted by Gasteiger charge is -2.29. The molecule has 0 radical (unpaired) electrons. The molecular weight excluding hydrogens is 505 g/mol. The van der Waals surface area contributed by atoms with Crippen LogP contribution >= 0.6 is 12.2 Å². The summed E-state index contributed by atoms with van der Waals surface area (Å²) >= 11 is 5.85. The van der Waals surface area contributed by atoms with E-state index in [1.807, 2.05) is 58.1 Å². The number of nitrogens with zero attached hydrogens (tertiary/aromatic N) is 3. The summed E-state index contributed by atoms with van der Waals surface area (Å²) in [6, 6.07) is 20.9. The number of anilines is 2. The zero-order chi connectivity index (χ0) is 26.6. The van der Waals surface area contributed by atoms with E-state index in [-0.39, 0.29) is 30.4 Å². The summed E-state index contributed by atoms with van der Waals surface area (Å²) < 4.78 is 26.1. The van der Waals surface area contributed by atoms with Crippen molar-refractivity contribution < 1.29 is 18.7 Å². The van der Waals surface area contributed by atoms with Crippen LogP contribution in [0.4, 0.5) is 15.8 Å². The topological polar surface area (TPSA) is 80.7 Å². The predicted octanol–water partition coefficient (Wildman–Crippen LogP) is 4.78. The van der Waals surface area contributed by atoms with E-state index in [0.29, 0.717) is 16.5 Å². The van der Waals surface area contributed by atoms with E-state index in [2.05, 4.69) is 15.6 Å². The molecule has 1 saturated heterocycles. The Hall–Kier alpha value is -4.28. The third-order valence-corrected chi connectivity index (χ3v) is 6.61. The molecule has 1 aliphatic heterocycles. The number of pyridine rings is 1. The van der Waals surface area contributed by atoms with Gasteiger partial charge < -0.3 is 29.6 Å². The van der Waals surface area contributed by atoms with Gasteiger partial charge in [-0.1, -0.05) is 6.07 Å². The first-order valence-electron chi connectivity index (χ1n) is 11.9. The average molecular weight is 532 g/mol. The van der Waals surface area contributed by atoms with Gasteiger partial charge in [-0.2, -0.15) is 0 Å². The highest BCUT2D eigenvalue weighted by molar-refractivity contribution is 7.80. The van der Waals surface area contributed by atoms with Crippen LogP contribution in [0.5, 0.6) is 5.75 Å². The van der Waals surface area contributed by atoms with Crippen molar-refractivity contribution in [1.82, 2.24) is 14.9 Å². The number of carbonyl (C=O) groups excluding carboxylic acids is 1. The van der Waals surface area contributed by atoms with Crippen molar-refractivity contribution in [2.75, 3.05) is 31.0 Å². The second-order valence-electron chi connectivity index (χ2n) is 8.64.